The number of nitriles is 1. The Labute approximate surface area is 161 Å². The summed E-state index contributed by atoms with van der Waals surface area (Å²) in [4.78, 5) is 19.7. The monoisotopic (exact) mass is 362 g/mol. The van der Waals surface area contributed by atoms with Crippen LogP contribution in [-0.2, 0) is 4.79 Å². The highest BCUT2D eigenvalue weighted by molar-refractivity contribution is 5.87. The maximum atomic E-state index is 11.5. The smallest absolute Gasteiger partial charge is 0.220 e. The maximum Gasteiger partial charge on any atom is 0.220 e. The maximum absolute atomic E-state index is 11.5. The van der Waals surface area contributed by atoms with E-state index in [2.05, 4.69) is 6.07 Å². The molecule has 2 aromatic carbocycles. The van der Waals surface area contributed by atoms with E-state index in [1.54, 1.807) is 11.9 Å². The van der Waals surface area contributed by atoms with Gasteiger partial charge in [-0.2, -0.15) is 5.26 Å². The highest BCUT2D eigenvalue weighted by atomic mass is 16.2. The Morgan fingerprint density at radius 2 is 1.74 bits per heavy atom. The van der Waals surface area contributed by atoms with Crippen molar-refractivity contribution in [3.05, 3.63) is 53.1 Å². The van der Waals surface area contributed by atoms with E-state index in [-0.39, 0.29) is 5.91 Å². The molecule has 2 rings (SSSR count). The van der Waals surface area contributed by atoms with E-state index >= 15 is 0 Å². The van der Waals surface area contributed by atoms with Crippen LogP contribution < -0.4 is 0 Å². The van der Waals surface area contributed by atoms with Crippen molar-refractivity contribution < 1.29 is 4.79 Å². The summed E-state index contributed by atoms with van der Waals surface area (Å²) in [7, 11) is 3.62. The first-order chi connectivity index (χ1) is 12.8. The Balaban J connectivity index is 2.53. The van der Waals surface area contributed by atoms with Gasteiger partial charge in [0.25, 0.3) is 0 Å². The zero-order valence-electron chi connectivity index (χ0n) is 16.9. The molecule has 140 valence electrons. The van der Waals surface area contributed by atoms with Gasteiger partial charge in [0, 0.05) is 26.6 Å². The average Bonchev–Trinajstić information content (AvgIpc) is 2.64. The van der Waals surface area contributed by atoms with Crippen molar-refractivity contribution in [1.29, 1.82) is 5.26 Å². The molecule has 0 saturated carbocycles. The van der Waals surface area contributed by atoms with Crippen LogP contribution in [0.4, 0.5) is 5.69 Å². The van der Waals surface area contributed by atoms with Crippen molar-refractivity contribution in [2.45, 2.75) is 27.7 Å². The standard InChI is InChI=1S/C22H26N4O/c1-15-12-21(24-17(3)25(5)14-26(6)18(4)27)20(13-23)22(16(15)2)19-10-8-7-9-11-19/h7-12H,14H2,1-6H3. The molecule has 0 aliphatic heterocycles. The van der Waals surface area contributed by atoms with Gasteiger partial charge in [0.05, 0.1) is 17.9 Å². The van der Waals surface area contributed by atoms with Crippen LogP contribution >= 0.6 is 0 Å². The summed E-state index contributed by atoms with van der Waals surface area (Å²) in [6.07, 6.45) is 0. The lowest BCUT2D eigenvalue weighted by atomic mass is 9.91. The second-order valence-electron chi connectivity index (χ2n) is 6.78. The minimum absolute atomic E-state index is 0.00934. The highest BCUT2D eigenvalue weighted by Gasteiger charge is 2.16. The molecule has 1 amide bonds. The van der Waals surface area contributed by atoms with E-state index in [1.165, 1.54) is 6.92 Å². The number of nitrogens with zero attached hydrogens (tertiary/aromatic N) is 4. The van der Waals surface area contributed by atoms with Crippen molar-refractivity contribution in [1.82, 2.24) is 9.80 Å². The number of carbonyl (C=O) groups is 1. The Bertz CT molecular complexity index is 910. The van der Waals surface area contributed by atoms with Gasteiger partial charge in [-0.05, 0) is 43.5 Å². The Hall–Kier alpha value is -3.13. The van der Waals surface area contributed by atoms with E-state index in [0.717, 1.165) is 28.1 Å². The molecule has 0 atom stereocenters. The van der Waals surface area contributed by atoms with Gasteiger partial charge in [-0.15, -0.1) is 0 Å². The minimum Gasteiger partial charge on any atom is -0.346 e. The molecule has 0 radical (unpaired) electrons. The molecule has 2 aromatic rings. The predicted molar refractivity (Wildman–Crippen MR) is 110 cm³/mol. The van der Waals surface area contributed by atoms with Crippen molar-refractivity contribution in [2.75, 3.05) is 20.8 Å². The topological polar surface area (TPSA) is 59.7 Å². The highest BCUT2D eigenvalue weighted by Crippen LogP contribution is 2.35. The number of amidine groups is 1. The van der Waals surface area contributed by atoms with Gasteiger partial charge in [0.2, 0.25) is 5.91 Å². The molecule has 0 heterocycles. The minimum atomic E-state index is -0.00934. The summed E-state index contributed by atoms with van der Waals surface area (Å²) in [5.74, 6) is 0.728. The zero-order valence-corrected chi connectivity index (χ0v) is 16.9. The number of hydrogen-bond donors (Lipinski definition) is 0. The first kappa shape index (κ1) is 20.2. The molecular formula is C22H26N4O. The Kier molecular flexibility index (Phi) is 6.36. The summed E-state index contributed by atoms with van der Waals surface area (Å²) >= 11 is 0. The van der Waals surface area contributed by atoms with Gasteiger partial charge in [-0.25, -0.2) is 4.99 Å². The third-order valence-electron chi connectivity index (χ3n) is 4.80. The van der Waals surface area contributed by atoms with Crippen molar-refractivity contribution in [3.63, 3.8) is 0 Å². The number of carbonyl (C=O) groups excluding carboxylic acids is 1. The first-order valence-electron chi connectivity index (χ1n) is 8.84. The molecule has 27 heavy (non-hydrogen) atoms. The van der Waals surface area contributed by atoms with Gasteiger partial charge in [-0.3, -0.25) is 4.79 Å². The molecule has 0 N–H and O–H groups in total. The van der Waals surface area contributed by atoms with Crippen LogP contribution in [0, 0.1) is 25.2 Å². The molecule has 0 saturated heterocycles. The van der Waals surface area contributed by atoms with E-state index in [0.29, 0.717) is 17.9 Å². The fraction of sp³-hybridized carbons (Fsp3) is 0.318. The molecule has 0 aromatic heterocycles. The van der Waals surface area contributed by atoms with Gasteiger partial charge in [-0.1, -0.05) is 30.3 Å². The number of amides is 1. The SMILES string of the molecule is CC(=O)N(C)CN(C)C(C)=Nc1cc(C)c(C)c(-c2ccccc2)c1C#N. The molecule has 5 nitrogen and oxygen atoms in total. The fourth-order valence-corrected chi connectivity index (χ4v) is 2.85. The lowest BCUT2D eigenvalue weighted by Gasteiger charge is -2.25. The van der Waals surface area contributed by atoms with Gasteiger partial charge < -0.3 is 9.80 Å². The van der Waals surface area contributed by atoms with E-state index in [1.807, 2.05) is 69.1 Å². The number of aliphatic imine (C=N–C) groups is 1. The number of hydrogen-bond acceptors (Lipinski definition) is 3. The Morgan fingerprint density at radius 3 is 2.30 bits per heavy atom. The summed E-state index contributed by atoms with van der Waals surface area (Å²) in [5.41, 5.74) is 5.32. The van der Waals surface area contributed by atoms with Crippen LogP contribution in [0.25, 0.3) is 11.1 Å². The molecule has 0 aliphatic rings. The summed E-state index contributed by atoms with van der Waals surface area (Å²) in [5, 5.41) is 9.86. The van der Waals surface area contributed by atoms with Crippen LogP contribution in [0.2, 0.25) is 0 Å². The second-order valence-corrected chi connectivity index (χ2v) is 6.78. The Morgan fingerprint density at radius 1 is 1.11 bits per heavy atom. The fourth-order valence-electron chi connectivity index (χ4n) is 2.85. The largest absolute Gasteiger partial charge is 0.346 e. The van der Waals surface area contributed by atoms with E-state index in [9.17, 15) is 10.1 Å². The second kappa shape index (κ2) is 8.50. The van der Waals surface area contributed by atoms with Crippen LogP contribution in [0.3, 0.4) is 0 Å². The van der Waals surface area contributed by atoms with Crippen LogP contribution in [0.15, 0.2) is 41.4 Å². The van der Waals surface area contributed by atoms with Crippen molar-refractivity contribution >= 4 is 17.4 Å². The van der Waals surface area contributed by atoms with Gasteiger partial charge in [0.15, 0.2) is 0 Å². The molecule has 0 spiro atoms. The summed E-state index contributed by atoms with van der Waals surface area (Å²) in [6.45, 7) is 7.91. The summed E-state index contributed by atoms with van der Waals surface area (Å²) < 4.78 is 0. The first-order valence-corrected chi connectivity index (χ1v) is 8.84. The molecule has 0 bridgehead atoms. The normalized spacial score (nSPS) is 11.1. The van der Waals surface area contributed by atoms with Gasteiger partial charge in [0.1, 0.15) is 11.9 Å². The lowest BCUT2D eigenvalue weighted by Crippen LogP contribution is -2.38. The molecule has 0 unspecified atom stereocenters. The van der Waals surface area contributed by atoms with Crippen LogP contribution in [0.1, 0.15) is 30.5 Å². The molecule has 0 fully saturated rings. The van der Waals surface area contributed by atoms with Crippen molar-refractivity contribution in [3.8, 4) is 17.2 Å². The average molecular weight is 362 g/mol. The third kappa shape index (κ3) is 4.53. The zero-order chi connectivity index (χ0) is 20.1. The third-order valence-corrected chi connectivity index (χ3v) is 4.80. The van der Waals surface area contributed by atoms with Gasteiger partial charge >= 0.3 is 0 Å². The van der Waals surface area contributed by atoms with Crippen LogP contribution in [0.5, 0.6) is 0 Å². The number of benzene rings is 2. The molecular weight excluding hydrogens is 336 g/mol. The van der Waals surface area contributed by atoms with E-state index < -0.39 is 0 Å². The summed E-state index contributed by atoms with van der Waals surface area (Å²) in [6, 6.07) is 14.2. The molecule has 0 aliphatic carbocycles. The number of rotatable bonds is 4. The van der Waals surface area contributed by atoms with E-state index in [4.69, 9.17) is 4.99 Å². The molecule has 5 heteroatoms. The van der Waals surface area contributed by atoms with Crippen molar-refractivity contribution in [2.24, 2.45) is 4.99 Å². The lowest BCUT2D eigenvalue weighted by molar-refractivity contribution is -0.128. The quantitative estimate of drug-likeness (QED) is 0.464. The number of aryl methyl sites for hydroxylation is 1. The van der Waals surface area contributed by atoms with Crippen LogP contribution in [-0.4, -0.2) is 42.3 Å². The predicted octanol–water partition coefficient (Wildman–Crippen LogP) is 4.26.